The molecule has 22 heavy (non-hydrogen) atoms. The first-order chi connectivity index (χ1) is 10.2. The summed E-state index contributed by atoms with van der Waals surface area (Å²) in [6.07, 6.45) is 1.06. The molecule has 0 aliphatic carbocycles. The number of carbonyl (C=O) groups is 2. The van der Waals surface area contributed by atoms with Crippen molar-refractivity contribution in [3.8, 4) is 0 Å². The van der Waals surface area contributed by atoms with E-state index in [0.29, 0.717) is 32.5 Å². The Morgan fingerprint density at radius 1 is 1.27 bits per heavy atom. The molecule has 2 aliphatic heterocycles. The smallest absolute Gasteiger partial charge is 0.245 e. The van der Waals surface area contributed by atoms with Crippen LogP contribution in [0, 0.1) is 5.92 Å². The molecular weight excluding hydrogens is 302 g/mol. The van der Waals surface area contributed by atoms with Gasteiger partial charge in [0.1, 0.15) is 6.04 Å². The molecule has 2 heterocycles. The lowest BCUT2D eigenvalue weighted by atomic mass is 9.89. The Bertz CT molecular complexity index is 537. The Morgan fingerprint density at radius 2 is 2.00 bits per heavy atom. The molecule has 120 valence electrons. The summed E-state index contributed by atoms with van der Waals surface area (Å²) in [6.45, 7) is 1.94. The van der Waals surface area contributed by atoms with Gasteiger partial charge in [-0.2, -0.15) is 0 Å². The number of rotatable bonds is 3. The van der Waals surface area contributed by atoms with Crippen LogP contribution in [0.4, 0.5) is 0 Å². The third-order valence-corrected chi connectivity index (χ3v) is 4.58. The number of hydrogen-bond acceptors (Lipinski definition) is 3. The lowest BCUT2D eigenvalue weighted by Gasteiger charge is -2.20. The van der Waals surface area contributed by atoms with Crippen LogP contribution in [-0.4, -0.2) is 42.4 Å². The molecule has 1 aromatic carbocycles. The van der Waals surface area contributed by atoms with Gasteiger partial charge in [-0.15, -0.1) is 12.4 Å². The van der Waals surface area contributed by atoms with Gasteiger partial charge >= 0.3 is 0 Å². The van der Waals surface area contributed by atoms with Crippen LogP contribution in [0.2, 0.25) is 0 Å². The molecule has 2 amide bonds. The summed E-state index contributed by atoms with van der Waals surface area (Å²) in [6, 6.07) is 9.88. The molecule has 0 aromatic heterocycles. The number of benzene rings is 1. The minimum absolute atomic E-state index is 0. The van der Waals surface area contributed by atoms with E-state index < -0.39 is 0 Å². The van der Waals surface area contributed by atoms with E-state index in [0.717, 1.165) is 0 Å². The highest BCUT2D eigenvalue weighted by Crippen LogP contribution is 2.32. The molecule has 2 aliphatic rings. The summed E-state index contributed by atoms with van der Waals surface area (Å²) in [4.78, 5) is 25.6. The van der Waals surface area contributed by atoms with E-state index in [9.17, 15) is 9.59 Å². The van der Waals surface area contributed by atoms with Crippen molar-refractivity contribution >= 4 is 24.2 Å². The van der Waals surface area contributed by atoms with Crippen molar-refractivity contribution in [1.82, 2.24) is 10.2 Å². The van der Waals surface area contributed by atoms with Crippen LogP contribution in [0.15, 0.2) is 30.3 Å². The van der Waals surface area contributed by atoms with Crippen LogP contribution in [0.3, 0.4) is 0 Å². The van der Waals surface area contributed by atoms with Gasteiger partial charge in [0, 0.05) is 25.4 Å². The zero-order chi connectivity index (χ0) is 14.8. The molecule has 0 spiro atoms. The summed E-state index contributed by atoms with van der Waals surface area (Å²) < 4.78 is 0. The van der Waals surface area contributed by atoms with E-state index in [1.807, 2.05) is 23.1 Å². The fourth-order valence-electron chi connectivity index (χ4n) is 3.39. The minimum Gasteiger partial charge on any atom is -0.344 e. The van der Waals surface area contributed by atoms with Gasteiger partial charge in [0.25, 0.3) is 0 Å². The van der Waals surface area contributed by atoms with Crippen LogP contribution < -0.4 is 11.1 Å². The number of nitrogens with zero attached hydrogens (tertiary/aromatic N) is 1. The van der Waals surface area contributed by atoms with Crippen molar-refractivity contribution in [3.63, 3.8) is 0 Å². The van der Waals surface area contributed by atoms with Crippen molar-refractivity contribution in [2.45, 2.75) is 24.8 Å². The maximum absolute atomic E-state index is 12.5. The number of halogens is 1. The third-order valence-electron chi connectivity index (χ3n) is 4.58. The monoisotopic (exact) mass is 323 g/mol. The first-order valence-electron chi connectivity index (χ1n) is 7.52. The number of likely N-dealkylation sites (tertiary alicyclic amines) is 1. The second-order valence-electron chi connectivity index (χ2n) is 5.91. The number of nitrogens with one attached hydrogen (secondary N) is 1. The normalized spacial score (nSPS) is 27.4. The average molecular weight is 324 g/mol. The van der Waals surface area contributed by atoms with Crippen LogP contribution in [-0.2, 0) is 9.59 Å². The number of nitrogens with two attached hydrogens (primary N) is 1. The van der Waals surface area contributed by atoms with Gasteiger partial charge in [0.05, 0.1) is 0 Å². The summed E-state index contributed by atoms with van der Waals surface area (Å²) in [7, 11) is 0. The Morgan fingerprint density at radius 3 is 2.59 bits per heavy atom. The Hall–Kier alpha value is -1.59. The molecule has 3 N–H and O–H groups in total. The van der Waals surface area contributed by atoms with Gasteiger partial charge < -0.3 is 16.0 Å². The Balaban J connectivity index is 0.00000176. The predicted octanol–water partition coefficient (Wildman–Crippen LogP) is 0.888. The molecule has 2 saturated heterocycles. The van der Waals surface area contributed by atoms with E-state index >= 15 is 0 Å². The lowest BCUT2D eigenvalue weighted by molar-refractivity contribution is -0.133. The maximum atomic E-state index is 12.5. The zero-order valence-electron chi connectivity index (χ0n) is 12.4. The lowest BCUT2D eigenvalue weighted by Crippen LogP contribution is -2.43. The number of hydrogen-bond donors (Lipinski definition) is 2. The molecule has 0 unspecified atom stereocenters. The fraction of sp³-hybridized carbons (Fsp3) is 0.500. The highest BCUT2D eigenvalue weighted by Gasteiger charge is 2.39. The van der Waals surface area contributed by atoms with Crippen molar-refractivity contribution in [3.05, 3.63) is 35.9 Å². The number of carbonyl (C=O) groups excluding carboxylic acids is 2. The predicted molar refractivity (Wildman–Crippen MR) is 86.7 cm³/mol. The first kappa shape index (κ1) is 16.8. The molecule has 0 radical (unpaired) electrons. The highest BCUT2D eigenvalue weighted by atomic mass is 35.5. The summed E-state index contributed by atoms with van der Waals surface area (Å²) in [5.74, 6) is 0.589. The van der Waals surface area contributed by atoms with E-state index in [2.05, 4.69) is 17.4 Å². The highest BCUT2D eigenvalue weighted by molar-refractivity contribution is 5.91. The Labute approximate surface area is 136 Å². The molecule has 0 saturated carbocycles. The zero-order valence-corrected chi connectivity index (χ0v) is 13.2. The molecule has 3 rings (SSSR count). The molecular formula is C16H22ClN3O2. The quantitative estimate of drug-likeness (QED) is 0.867. The van der Waals surface area contributed by atoms with E-state index in [-0.39, 0.29) is 42.1 Å². The second kappa shape index (κ2) is 7.11. The largest absolute Gasteiger partial charge is 0.344 e. The topological polar surface area (TPSA) is 75.4 Å². The fourth-order valence-corrected chi connectivity index (χ4v) is 3.39. The van der Waals surface area contributed by atoms with Crippen LogP contribution >= 0.6 is 12.4 Å². The summed E-state index contributed by atoms with van der Waals surface area (Å²) >= 11 is 0. The summed E-state index contributed by atoms with van der Waals surface area (Å²) in [5.41, 5.74) is 7.13. The van der Waals surface area contributed by atoms with Crippen LogP contribution in [0.1, 0.15) is 24.3 Å². The van der Waals surface area contributed by atoms with Gasteiger partial charge in [0.15, 0.2) is 0 Å². The Kier molecular flexibility index (Phi) is 5.42. The maximum Gasteiger partial charge on any atom is 0.245 e. The average Bonchev–Trinajstić information content (AvgIpc) is 3.13. The standard InChI is InChI=1S/C16H21N3O2.ClH/c17-8-12-9-19(16(21)14-6-7-15(20)18-14)10-13(12)11-4-2-1-3-5-11;/h1-5,12-14H,6-10,17H2,(H,18,20);1H/t12-,13+,14-;/m1./s1. The SMILES string of the molecule is Cl.NC[C@@H]1CN(C(=O)[C@H]2CCC(=O)N2)C[C@H]1c1ccccc1. The van der Waals surface area contributed by atoms with E-state index in [4.69, 9.17) is 5.73 Å². The second-order valence-corrected chi connectivity index (χ2v) is 5.91. The third kappa shape index (κ3) is 3.25. The van der Waals surface area contributed by atoms with Crippen LogP contribution in [0.5, 0.6) is 0 Å². The van der Waals surface area contributed by atoms with Gasteiger partial charge in [-0.05, 0) is 24.4 Å². The van der Waals surface area contributed by atoms with Crippen LogP contribution in [0.25, 0.3) is 0 Å². The summed E-state index contributed by atoms with van der Waals surface area (Å²) in [5, 5.41) is 2.76. The molecule has 1 aromatic rings. The number of amides is 2. The van der Waals surface area contributed by atoms with Crippen molar-refractivity contribution in [2.24, 2.45) is 11.7 Å². The molecule has 2 fully saturated rings. The first-order valence-corrected chi connectivity index (χ1v) is 7.52. The van der Waals surface area contributed by atoms with Gasteiger partial charge in [-0.1, -0.05) is 30.3 Å². The van der Waals surface area contributed by atoms with Gasteiger partial charge in [0.2, 0.25) is 11.8 Å². The molecule has 3 atom stereocenters. The van der Waals surface area contributed by atoms with Crippen molar-refractivity contribution in [2.75, 3.05) is 19.6 Å². The van der Waals surface area contributed by atoms with Gasteiger partial charge in [-0.3, -0.25) is 9.59 Å². The van der Waals surface area contributed by atoms with Crippen molar-refractivity contribution in [1.29, 1.82) is 0 Å². The molecule has 6 heteroatoms. The van der Waals surface area contributed by atoms with Crippen molar-refractivity contribution < 1.29 is 9.59 Å². The van der Waals surface area contributed by atoms with Gasteiger partial charge in [-0.25, -0.2) is 0 Å². The van der Waals surface area contributed by atoms with E-state index in [1.54, 1.807) is 0 Å². The molecule has 0 bridgehead atoms. The van der Waals surface area contributed by atoms with E-state index in [1.165, 1.54) is 5.56 Å². The molecule has 5 nitrogen and oxygen atoms in total. The minimum atomic E-state index is -0.342.